The smallest absolute Gasteiger partial charge is 0.261 e. The van der Waals surface area contributed by atoms with Crippen molar-refractivity contribution < 1.29 is 0 Å². The summed E-state index contributed by atoms with van der Waals surface area (Å²) in [4.78, 5) is 16.9. The Morgan fingerprint density at radius 2 is 2.05 bits per heavy atom. The Kier molecular flexibility index (Phi) is 3.99. The van der Waals surface area contributed by atoms with Crippen molar-refractivity contribution >= 4 is 45.1 Å². The standard InChI is InChI=1S/C16H12ClIN2O/c1-10-2-3-11(14(17)6-10)8-20-9-19-15-5-4-12(18)7-13(15)16(20)21/h2-7,9H,8H2,1H3. The lowest BCUT2D eigenvalue weighted by Crippen LogP contribution is -2.21. The van der Waals surface area contributed by atoms with Crippen LogP contribution in [0.5, 0.6) is 0 Å². The van der Waals surface area contributed by atoms with Gasteiger partial charge in [0.05, 0.1) is 23.8 Å². The molecule has 1 aromatic heterocycles. The van der Waals surface area contributed by atoms with Crippen LogP contribution >= 0.6 is 34.2 Å². The highest BCUT2D eigenvalue weighted by molar-refractivity contribution is 14.1. The van der Waals surface area contributed by atoms with Crippen molar-refractivity contribution in [1.29, 1.82) is 0 Å². The molecule has 21 heavy (non-hydrogen) atoms. The fourth-order valence-corrected chi connectivity index (χ4v) is 2.99. The van der Waals surface area contributed by atoms with Gasteiger partial charge in [-0.25, -0.2) is 4.98 Å². The molecule has 5 heteroatoms. The monoisotopic (exact) mass is 410 g/mol. The second-order valence-corrected chi connectivity index (χ2v) is 6.59. The van der Waals surface area contributed by atoms with E-state index in [1.807, 2.05) is 43.3 Å². The van der Waals surface area contributed by atoms with Gasteiger partial charge in [-0.1, -0.05) is 23.7 Å². The molecule has 0 amide bonds. The number of halogens is 2. The first-order chi connectivity index (χ1) is 10.0. The Bertz CT molecular complexity index is 889. The molecule has 3 nitrogen and oxygen atoms in total. The van der Waals surface area contributed by atoms with Crippen molar-refractivity contribution in [1.82, 2.24) is 9.55 Å². The lowest BCUT2D eigenvalue weighted by atomic mass is 10.1. The molecule has 0 aliphatic heterocycles. The summed E-state index contributed by atoms with van der Waals surface area (Å²) in [6.45, 7) is 2.41. The van der Waals surface area contributed by atoms with Crippen molar-refractivity contribution in [2.45, 2.75) is 13.5 Å². The topological polar surface area (TPSA) is 34.9 Å². The van der Waals surface area contributed by atoms with E-state index in [-0.39, 0.29) is 5.56 Å². The first-order valence-electron chi connectivity index (χ1n) is 6.44. The molecule has 0 unspecified atom stereocenters. The lowest BCUT2D eigenvalue weighted by molar-refractivity contribution is 0.748. The number of benzene rings is 2. The molecule has 0 aliphatic carbocycles. The van der Waals surface area contributed by atoms with Crippen molar-refractivity contribution in [3.05, 3.63) is 72.8 Å². The summed E-state index contributed by atoms with van der Waals surface area (Å²) in [7, 11) is 0. The van der Waals surface area contributed by atoms with Crippen LogP contribution in [-0.4, -0.2) is 9.55 Å². The van der Waals surface area contributed by atoms with Gasteiger partial charge in [0.25, 0.3) is 5.56 Å². The molecule has 3 rings (SSSR count). The van der Waals surface area contributed by atoms with Crippen LogP contribution in [0, 0.1) is 10.5 Å². The van der Waals surface area contributed by atoms with Crippen molar-refractivity contribution in [3.8, 4) is 0 Å². The van der Waals surface area contributed by atoms with Crippen molar-refractivity contribution in [2.75, 3.05) is 0 Å². The second-order valence-electron chi connectivity index (χ2n) is 4.93. The Morgan fingerprint density at radius 1 is 1.24 bits per heavy atom. The van der Waals surface area contributed by atoms with Crippen LogP contribution in [-0.2, 0) is 6.54 Å². The summed E-state index contributed by atoms with van der Waals surface area (Å²) in [6.07, 6.45) is 1.58. The van der Waals surface area contributed by atoms with Crippen molar-refractivity contribution in [2.24, 2.45) is 0 Å². The molecule has 0 atom stereocenters. The number of hydrogen-bond donors (Lipinski definition) is 0. The Balaban J connectivity index is 2.09. The Hall–Kier alpha value is -1.40. The fourth-order valence-electron chi connectivity index (χ4n) is 2.21. The highest BCUT2D eigenvalue weighted by Gasteiger charge is 2.07. The zero-order chi connectivity index (χ0) is 15.0. The highest BCUT2D eigenvalue weighted by atomic mass is 127. The van der Waals surface area contributed by atoms with Gasteiger partial charge in [0, 0.05) is 8.59 Å². The van der Waals surface area contributed by atoms with Gasteiger partial charge in [0.1, 0.15) is 0 Å². The van der Waals surface area contributed by atoms with Gasteiger partial charge >= 0.3 is 0 Å². The molecule has 106 valence electrons. The van der Waals surface area contributed by atoms with Crippen LogP contribution in [0.1, 0.15) is 11.1 Å². The van der Waals surface area contributed by atoms with Crippen molar-refractivity contribution in [3.63, 3.8) is 0 Å². The third kappa shape index (κ3) is 2.96. The van der Waals surface area contributed by atoms with Gasteiger partial charge in [-0.2, -0.15) is 0 Å². The average Bonchev–Trinajstić information content (AvgIpc) is 2.45. The first-order valence-corrected chi connectivity index (χ1v) is 7.90. The average molecular weight is 411 g/mol. The molecule has 2 aromatic carbocycles. The molecule has 1 heterocycles. The maximum absolute atomic E-state index is 12.5. The molecule has 0 saturated heterocycles. The summed E-state index contributed by atoms with van der Waals surface area (Å²) < 4.78 is 2.61. The molecule has 0 bridgehead atoms. The summed E-state index contributed by atoms with van der Waals surface area (Å²) in [6, 6.07) is 11.5. The van der Waals surface area contributed by atoms with Gasteiger partial charge < -0.3 is 0 Å². The summed E-state index contributed by atoms with van der Waals surface area (Å²) in [5, 5.41) is 1.30. The van der Waals surface area contributed by atoms with Crippen LogP contribution in [0.15, 0.2) is 47.5 Å². The maximum atomic E-state index is 12.5. The Morgan fingerprint density at radius 3 is 2.81 bits per heavy atom. The largest absolute Gasteiger partial charge is 0.294 e. The lowest BCUT2D eigenvalue weighted by Gasteiger charge is -2.09. The first kappa shape index (κ1) is 14.5. The summed E-state index contributed by atoms with van der Waals surface area (Å²) in [5.41, 5.74) is 2.68. The van der Waals surface area contributed by atoms with Crippen LogP contribution in [0.3, 0.4) is 0 Å². The van der Waals surface area contributed by atoms with E-state index in [1.165, 1.54) is 0 Å². The highest BCUT2D eigenvalue weighted by Crippen LogP contribution is 2.18. The van der Waals surface area contributed by atoms with Crippen LogP contribution < -0.4 is 5.56 Å². The number of aryl methyl sites for hydroxylation is 1. The maximum Gasteiger partial charge on any atom is 0.261 e. The van der Waals surface area contributed by atoms with Crippen LogP contribution in [0.2, 0.25) is 5.02 Å². The molecule has 0 saturated carbocycles. The molecular formula is C16H12ClIN2O. The van der Waals surface area contributed by atoms with Gasteiger partial charge in [0.2, 0.25) is 0 Å². The summed E-state index contributed by atoms with van der Waals surface area (Å²) >= 11 is 8.43. The molecule has 0 fully saturated rings. The summed E-state index contributed by atoms with van der Waals surface area (Å²) in [5.74, 6) is 0. The molecule has 0 spiro atoms. The van der Waals surface area contributed by atoms with E-state index in [0.717, 1.165) is 14.7 Å². The number of fused-ring (bicyclic) bond motifs is 1. The molecule has 0 N–H and O–H groups in total. The molecule has 3 aromatic rings. The zero-order valence-corrected chi connectivity index (χ0v) is 14.2. The minimum Gasteiger partial charge on any atom is -0.294 e. The van der Waals surface area contributed by atoms with E-state index >= 15 is 0 Å². The quantitative estimate of drug-likeness (QED) is 0.598. The molecule has 0 aliphatic rings. The number of aromatic nitrogens is 2. The Labute approximate surface area is 140 Å². The molecular weight excluding hydrogens is 399 g/mol. The normalized spacial score (nSPS) is 11.0. The zero-order valence-electron chi connectivity index (χ0n) is 11.3. The van der Waals surface area contributed by atoms with Gasteiger partial charge in [-0.15, -0.1) is 0 Å². The molecule has 0 radical (unpaired) electrons. The van der Waals surface area contributed by atoms with E-state index in [9.17, 15) is 4.79 Å². The predicted octanol–water partition coefficient (Wildman–Crippen LogP) is 4.01. The third-order valence-corrected chi connectivity index (χ3v) is 4.36. The predicted molar refractivity (Wildman–Crippen MR) is 94.0 cm³/mol. The van der Waals surface area contributed by atoms with Crippen LogP contribution in [0.4, 0.5) is 0 Å². The third-order valence-electron chi connectivity index (χ3n) is 3.34. The van der Waals surface area contributed by atoms with E-state index in [4.69, 9.17) is 11.6 Å². The van der Waals surface area contributed by atoms with Gasteiger partial charge in [-0.05, 0) is 64.9 Å². The van der Waals surface area contributed by atoms with E-state index in [2.05, 4.69) is 27.6 Å². The minimum atomic E-state index is -0.0462. The fraction of sp³-hybridized carbons (Fsp3) is 0.125. The number of hydrogen-bond acceptors (Lipinski definition) is 2. The SMILES string of the molecule is Cc1ccc(Cn2cnc3ccc(I)cc3c2=O)c(Cl)c1. The minimum absolute atomic E-state index is 0.0462. The van der Waals surface area contributed by atoms with Gasteiger partial charge in [-0.3, -0.25) is 9.36 Å². The van der Waals surface area contributed by atoms with Crippen LogP contribution in [0.25, 0.3) is 10.9 Å². The van der Waals surface area contributed by atoms with E-state index < -0.39 is 0 Å². The second kappa shape index (κ2) is 5.77. The number of rotatable bonds is 2. The van der Waals surface area contributed by atoms with Gasteiger partial charge in [0.15, 0.2) is 0 Å². The number of nitrogens with zero attached hydrogens (tertiary/aromatic N) is 2. The van der Waals surface area contributed by atoms with E-state index in [0.29, 0.717) is 22.5 Å². The van der Waals surface area contributed by atoms with E-state index in [1.54, 1.807) is 10.9 Å².